The smallest absolute Gasteiger partial charge is 0.339 e. The first-order valence-corrected chi connectivity index (χ1v) is 8.36. The van der Waals surface area contributed by atoms with Gasteiger partial charge in [0.15, 0.2) is 0 Å². The van der Waals surface area contributed by atoms with Gasteiger partial charge in [-0.15, -0.1) is 11.8 Å². The van der Waals surface area contributed by atoms with Crippen LogP contribution in [0.4, 0.5) is 0 Å². The maximum absolute atomic E-state index is 11.3. The zero-order valence-electron chi connectivity index (χ0n) is 12.8. The normalized spacial score (nSPS) is 11.5. The Morgan fingerprint density at radius 1 is 1.26 bits per heavy atom. The van der Waals surface area contributed by atoms with Crippen molar-refractivity contribution in [1.82, 2.24) is 0 Å². The zero-order chi connectivity index (χ0) is 17.0. The van der Waals surface area contributed by atoms with Gasteiger partial charge in [-0.2, -0.15) is 0 Å². The molecule has 120 valence electrons. The number of aliphatic carboxylic acids is 1. The third kappa shape index (κ3) is 4.09. The molecule has 0 fully saturated rings. The Kier molecular flexibility index (Phi) is 5.74. The van der Waals surface area contributed by atoms with Gasteiger partial charge in [0.25, 0.3) is 0 Å². The number of thioether (sulfide) groups is 1. The summed E-state index contributed by atoms with van der Waals surface area (Å²) in [4.78, 5) is 11.9. The lowest BCUT2D eigenvalue weighted by Gasteiger charge is -2.12. The van der Waals surface area contributed by atoms with Crippen LogP contribution in [0.5, 0.6) is 0 Å². The number of carboxylic acid groups (broad SMARTS) is 1. The van der Waals surface area contributed by atoms with Crippen molar-refractivity contribution in [2.45, 2.75) is 24.5 Å². The van der Waals surface area contributed by atoms with Crippen LogP contribution in [-0.4, -0.2) is 16.2 Å². The number of benzene rings is 2. The van der Waals surface area contributed by atoms with Crippen molar-refractivity contribution in [2.75, 3.05) is 0 Å². The van der Waals surface area contributed by atoms with Crippen LogP contribution in [0.25, 0.3) is 5.57 Å². The van der Waals surface area contributed by atoms with Crippen LogP contribution in [0.15, 0.2) is 47.6 Å². The van der Waals surface area contributed by atoms with E-state index in [9.17, 15) is 15.0 Å². The second kappa shape index (κ2) is 7.57. The van der Waals surface area contributed by atoms with Crippen molar-refractivity contribution in [3.8, 4) is 0 Å². The van der Waals surface area contributed by atoms with Crippen molar-refractivity contribution in [3.05, 3.63) is 69.9 Å². The number of hydrogen-bond acceptors (Lipinski definition) is 3. The molecule has 0 aromatic heterocycles. The summed E-state index contributed by atoms with van der Waals surface area (Å²) in [5.41, 5.74) is 3.77. The van der Waals surface area contributed by atoms with Gasteiger partial charge in [0, 0.05) is 16.2 Å². The topological polar surface area (TPSA) is 57.5 Å². The lowest BCUT2D eigenvalue weighted by molar-refractivity contribution is -0.130. The van der Waals surface area contributed by atoms with Gasteiger partial charge in [-0.1, -0.05) is 47.5 Å². The highest BCUT2D eigenvalue weighted by Crippen LogP contribution is 2.36. The average molecular weight is 349 g/mol. The number of carboxylic acids is 1. The molecule has 0 spiro atoms. The Hall–Kier alpha value is -1.91. The Morgan fingerprint density at radius 2 is 2.00 bits per heavy atom. The van der Waals surface area contributed by atoms with Crippen LogP contribution in [0.3, 0.4) is 0 Å². The maximum Gasteiger partial charge on any atom is 0.339 e. The molecule has 3 nitrogen and oxygen atoms in total. The minimum Gasteiger partial charge on any atom is -0.515 e. The monoisotopic (exact) mass is 348 g/mol. The SMILES string of the molecule is Cc1ccc(C)c(CSc2c(Cl)cccc2C(=CO)C(=O)O)c1. The van der Waals surface area contributed by atoms with Gasteiger partial charge >= 0.3 is 5.97 Å². The van der Waals surface area contributed by atoms with E-state index < -0.39 is 5.97 Å². The molecule has 0 aliphatic carbocycles. The van der Waals surface area contributed by atoms with E-state index in [2.05, 4.69) is 18.2 Å². The lowest BCUT2D eigenvalue weighted by Crippen LogP contribution is -2.02. The van der Waals surface area contributed by atoms with Crippen LogP contribution in [-0.2, 0) is 10.5 Å². The Balaban J connectivity index is 2.36. The predicted octanol–water partition coefficient (Wildman–Crippen LogP) is 5.23. The fourth-order valence-electron chi connectivity index (χ4n) is 2.21. The summed E-state index contributed by atoms with van der Waals surface area (Å²) in [6, 6.07) is 11.3. The third-order valence-corrected chi connectivity index (χ3v) is 5.10. The molecule has 0 radical (unpaired) electrons. The first-order chi connectivity index (χ1) is 10.9. The number of aliphatic hydroxyl groups excluding tert-OH is 1. The molecule has 0 atom stereocenters. The number of aliphatic hydroxyl groups is 1. The molecule has 0 aliphatic rings. The molecule has 0 saturated heterocycles. The molecule has 0 aliphatic heterocycles. The fourth-order valence-corrected chi connectivity index (χ4v) is 3.70. The molecule has 2 aromatic rings. The molecule has 2 rings (SSSR count). The largest absolute Gasteiger partial charge is 0.515 e. The highest BCUT2D eigenvalue weighted by Gasteiger charge is 2.17. The first kappa shape index (κ1) is 17.4. The maximum atomic E-state index is 11.3. The summed E-state index contributed by atoms with van der Waals surface area (Å²) in [5, 5.41) is 18.9. The van der Waals surface area contributed by atoms with E-state index >= 15 is 0 Å². The summed E-state index contributed by atoms with van der Waals surface area (Å²) in [6.07, 6.45) is 0.607. The van der Waals surface area contributed by atoms with Gasteiger partial charge in [0.2, 0.25) is 0 Å². The van der Waals surface area contributed by atoms with Gasteiger partial charge in [-0.25, -0.2) is 4.79 Å². The van der Waals surface area contributed by atoms with E-state index in [1.54, 1.807) is 18.2 Å². The Bertz CT molecular complexity index is 769. The molecule has 23 heavy (non-hydrogen) atoms. The molecule has 0 unspecified atom stereocenters. The first-order valence-electron chi connectivity index (χ1n) is 6.99. The van der Waals surface area contributed by atoms with Crippen LogP contribution in [0, 0.1) is 13.8 Å². The molecular formula is C18H17ClO3S. The molecule has 0 bridgehead atoms. The number of hydrogen-bond donors (Lipinski definition) is 2. The van der Waals surface area contributed by atoms with Gasteiger partial charge in [-0.3, -0.25) is 0 Å². The van der Waals surface area contributed by atoms with E-state index in [0.717, 1.165) is 0 Å². The standard InChI is InChI=1S/C18H17ClO3S/c1-11-6-7-12(2)13(8-11)10-23-17-14(4-3-5-16(17)19)15(9-20)18(21)22/h3-9,20H,10H2,1-2H3,(H,21,22). The highest BCUT2D eigenvalue weighted by atomic mass is 35.5. The van der Waals surface area contributed by atoms with E-state index in [1.165, 1.54) is 28.5 Å². The van der Waals surface area contributed by atoms with Crippen molar-refractivity contribution >= 4 is 34.9 Å². The van der Waals surface area contributed by atoms with E-state index in [4.69, 9.17) is 11.6 Å². The van der Waals surface area contributed by atoms with E-state index in [-0.39, 0.29) is 5.57 Å². The molecule has 0 heterocycles. The molecule has 2 N–H and O–H groups in total. The van der Waals surface area contributed by atoms with Crippen LogP contribution in [0.2, 0.25) is 5.02 Å². The molecule has 5 heteroatoms. The van der Waals surface area contributed by atoms with Gasteiger partial charge in [0.05, 0.1) is 11.3 Å². The van der Waals surface area contributed by atoms with Gasteiger partial charge < -0.3 is 10.2 Å². The Labute approximate surface area is 144 Å². The zero-order valence-corrected chi connectivity index (χ0v) is 14.4. The van der Waals surface area contributed by atoms with Crippen LogP contribution >= 0.6 is 23.4 Å². The fraction of sp³-hybridized carbons (Fsp3) is 0.167. The van der Waals surface area contributed by atoms with Crippen LogP contribution < -0.4 is 0 Å². The van der Waals surface area contributed by atoms with Crippen molar-refractivity contribution < 1.29 is 15.0 Å². The summed E-state index contributed by atoms with van der Waals surface area (Å²) >= 11 is 7.71. The van der Waals surface area contributed by atoms with Gasteiger partial charge in [-0.05, 0) is 31.0 Å². The quantitative estimate of drug-likeness (QED) is 0.441. The minimum absolute atomic E-state index is 0.170. The number of carbonyl (C=O) groups is 1. The van der Waals surface area contributed by atoms with Gasteiger partial charge in [0.1, 0.15) is 5.57 Å². The Morgan fingerprint density at radius 3 is 2.65 bits per heavy atom. The van der Waals surface area contributed by atoms with Crippen molar-refractivity contribution in [2.24, 2.45) is 0 Å². The summed E-state index contributed by atoms with van der Waals surface area (Å²) in [7, 11) is 0. The summed E-state index contributed by atoms with van der Waals surface area (Å²) < 4.78 is 0. The average Bonchev–Trinajstić information content (AvgIpc) is 2.50. The van der Waals surface area contributed by atoms with E-state index in [0.29, 0.717) is 27.5 Å². The van der Waals surface area contributed by atoms with E-state index in [1.807, 2.05) is 13.8 Å². The summed E-state index contributed by atoms with van der Waals surface area (Å²) in [5.74, 6) is -0.522. The molecular weight excluding hydrogens is 332 g/mol. The number of rotatable bonds is 5. The predicted molar refractivity (Wildman–Crippen MR) is 95.2 cm³/mol. The third-order valence-electron chi connectivity index (χ3n) is 3.49. The number of halogens is 1. The second-order valence-corrected chi connectivity index (χ2v) is 6.58. The second-order valence-electron chi connectivity index (χ2n) is 5.18. The highest BCUT2D eigenvalue weighted by molar-refractivity contribution is 7.98. The van der Waals surface area contributed by atoms with Crippen molar-refractivity contribution in [3.63, 3.8) is 0 Å². The minimum atomic E-state index is -1.19. The molecule has 0 amide bonds. The molecule has 0 saturated carbocycles. The lowest BCUT2D eigenvalue weighted by atomic mass is 10.1. The van der Waals surface area contributed by atoms with Crippen LogP contribution in [0.1, 0.15) is 22.3 Å². The number of aryl methyl sites for hydroxylation is 2. The summed E-state index contributed by atoms with van der Waals surface area (Å²) in [6.45, 7) is 4.07. The molecule has 2 aromatic carbocycles. The van der Waals surface area contributed by atoms with Crippen molar-refractivity contribution in [1.29, 1.82) is 0 Å².